The topological polar surface area (TPSA) is 43.8 Å². The molecule has 2 N–H and O–H groups in total. The number of benzene rings is 1. The first kappa shape index (κ1) is 15.6. The third-order valence-electron chi connectivity index (χ3n) is 3.33. The Morgan fingerprint density at radius 1 is 1.29 bits per heavy atom. The molecule has 0 saturated heterocycles. The number of nitrogens with two attached hydrogens (primary N) is 1. The highest BCUT2D eigenvalue weighted by atomic mass is 19.4. The lowest BCUT2D eigenvalue weighted by Gasteiger charge is -2.19. The van der Waals surface area contributed by atoms with Gasteiger partial charge in [0, 0.05) is 31.4 Å². The van der Waals surface area contributed by atoms with Gasteiger partial charge in [-0.15, -0.1) is 0 Å². The second kappa shape index (κ2) is 6.30. The highest BCUT2D eigenvalue weighted by Crippen LogP contribution is 2.34. The van der Waals surface area contributed by atoms with Gasteiger partial charge in [0.05, 0.1) is 5.56 Å². The largest absolute Gasteiger partial charge is 0.416 e. The Labute approximate surface area is 121 Å². The lowest BCUT2D eigenvalue weighted by molar-refractivity contribution is -0.138. The van der Waals surface area contributed by atoms with E-state index in [1.807, 2.05) is 11.5 Å². The maximum Gasteiger partial charge on any atom is 0.416 e. The molecule has 3 nitrogen and oxygen atoms in total. The lowest BCUT2D eigenvalue weighted by Crippen LogP contribution is -2.22. The summed E-state index contributed by atoms with van der Waals surface area (Å²) in [5, 5.41) is 0. The molecule has 0 aliphatic carbocycles. The zero-order chi connectivity index (χ0) is 15.5. The van der Waals surface area contributed by atoms with Crippen LogP contribution >= 0.6 is 0 Å². The Kier molecular flexibility index (Phi) is 4.67. The first-order chi connectivity index (χ1) is 9.93. The molecular formula is C15H18F3N3. The summed E-state index contributed by atoms with van der Waals surface area (Å²) in [4.78, 5) is 4.21. The van der Waals surface area contributed by atoms with Gasteiger partial charge in [0.1, 0.15) is 5.82 Å². The molecule has 2 rings (SSSR count). The molecule has 1 atom stereocenters. The van der Waals surface area contributed by atoms with Crippen LogP contribution in [0.4, 0.5) is 13.2 Å². The molecule has 0 amide bonds. The number of alkyl halides is 3. The summed E-state index contributed by atoms with van der Waals surface area (Å²) in [6, 6.07) is 4.72. The van der Waals surface area contributed by atoms with Gasteiger partial charge in [-0.25, -0.2) is 4.98 Å². The molecule has 21 heavy (non-hydrogen) atoms. The number of hydrogen-bond acceptors (Lipinski definition) is 2. The summed E-state index contributed by atoms with van der Waals surface area (Å²) >= 11 is 0. The van der Waals surface area contributed by atoms with Crippen molar-refractivity contribution >= 4 is 0 Å². The molecule has 0 aliphatic rings. The van der Waals surface area contributed by atoms with Crippen LogP contribution in [0.5, 0.6) is 0 Å². The first-order valence-corrected chi connectivity index (χ1v) is 6.85. The Bertz CT molecular complexity index is 590. The molecular weight excluding hydrogens is 279 g/mol. The van der Waals surface area contributed by atoms with Crippen molar-refractivity contribution in [2.24, 2.45) is 5.73 Å². The molecule has 0 saturated carbocycles. The van der Waals surface area contributed by atoms with Gasteiger partial charge in [0.25, 0.3) is 0 Å². The van der Waals surface area contributed by atoms with E-state index in [0.717, 1.165) is 24.7 Å². The van der Waals surface area contributed by atoms with Crippen LogP contribution in [0.25, 0.3) is 0 Å². The molecule has 1 aromatic carbocycles. The van der Waals surface area contributed by atoms with Crippen molar-refractivity contribution in [3.8, 4) is 0 Å². The Hall–Kier alpha value is -1.82. The van der Waals surface area contributed by atoms with E-state index in [0.29, 0.717) is 0 Å². The number of nitrogens with zero attached hydrogens (tertiary/aromatic N) is 2. The van der Waals surface area contributed by atoms with Crippen molar-refractivity contribution in [1.82, 2.24) is 9.55 Å². The van der Waals surface area contributed by atoms with Gasteiger partial charge in [0.2, 0.25) is 0 Å². The third kappa shape index (κ3) is 3.64. The fourth-order valence-corrected chi connectivity index (χ4v) is 2.35. The fourth-order valence-electron chi connectivity index (χ4n) is 2.35. The van der Waals surface area contributed by atoms with E-state index in [1.54, 1.807) is 18.5 Å². The smallest absolute Gasteiger partial charge is 0.333 e. The van der Waals surface area contributed by atoms with Crippen LogP contribution in [0.3, 0.4) is 0 Å². The molecule has 0 radical (unpaired) electrons. The minimum absolute atomic E-state index is 0.112. The molecule has 0 bridgehead atoms. The minimum Gasteiger partial charge on any atom is -0.333 e. The van der Waals surface area contributed by atoms with Crippen molar-refractivity contribution in [2.75, 3.05) is 0 Å². The van der Waals surface area contributed by atoms with Gasteiger partial charge in [-0.1, -0.05) is 25.1 Å². The highest BCUT2D eigenvalue weighted by molar-refractivity contribution is 5.32. The van der Waals surface area contributed by atoms with E-state index >= 15 is 0 Å². The standard InChI is InChI=1S/C15H18F3N3/c1-2-5-14-20-8-9-21(14)10-13(19)11-6-3-4-7-12(11)15(16,17)18/h3-4,6-9,13H,2,5,10,19H2,1H3. The monoisotopic (exact) mass is 297 g/mol. The fraction of sp³-hybridized carbons (Fsp3) is 0.400. The van der Waals surface area contributed by atoms with Crippen LogP contribution in [0.15, 0.2) is 36.7 Å². The van der Waals surface area contributed by atoms with Crippen LogP contribution in [0.2, 0.25) is 0 Å². The molecule has 2 aromatic rings. The van der Waals surface area contributed by atoms with Gasteiger partial charge < -0.3 is 10.3 Å². The molecule has 0 spiro atoms. The van der Waals surface area contributed by atoms with E-state index in [2.05, 4.69) is 4.98 Å². The van der Waals surface area contributed by atoms with Gasteiger partial charge in [-0.05, 0) is 18.1 Å². The number of aryl methyl sites for hydroxylation is 1. The average molecular weight is 297 g/mol. The summed E-state index contributed by atoms with van der Waals surface area (Å²) in [6.07, 6.45) is 0.704. The number of aromatic nitrogens is 2. The predicted molar refractivity (Wildman–Crippen MR) is 74.6 cm³/mol. The lowest BCUT2D eigenvalue weighted by atomic mass is 10.0. The Morgan fingerprint density at radius 2 is 2.00 bits per heavy atom. The van der Waals surface area contributed by atoms with E-state index < -0.39 is 17.8 Å². The highest BCUT2D eigenvalue weighted by Gasteiger charge is 2.34. The van der Waals surface area contributed by atoms with Crippen LogP contribution in [0.1, 0.15) is 36.3 Å². The second-order valence-electron chi connectivity index (χ2n) is 4.94. The first-order valence-electron chi connectivity index (χ1n) is 6.85. The van der Waals surface area contributed by atoms with E-state index in [1.165, 1.54) is 12.1 Å². The maximum absolute atomic E-state index is 13.0. The average Bonchev–Trinajstić information content (AvgIpc) is 2.85. The number of imidazole rings is 1. The van der Waals surface area contributed by atoms with Crippen molar-refractivity contribution in [3.63, 3.8) is 0 Å². The molecule has 1 unspecified atom stereocenters. The van der Waals surface area contributed by atoms with Gasteiger partial charge in [-0.2, -0.15) is 13.2 Å². The molecule has 0 aliphatic heterocycles. The molecule has 0 fully saturated rings. The Morgan fingerprint density at radius 3 is 2.67 bits per heavy atom. The molecule has 6 heteroatoms. The van der Waals surface area contributed by atoms with Crippen LogP contribution in [0, 0.1) is 0 Å². The summed E-state index contributed by atoms with van der Waals surface area (Å²) in [7, 11) is 0. The van der Waals surface area contributed by atoms with Crippen molar-refractivity contribution in [1.29, 1.82) is 0 Å². The van der Waals surface area contributed by atoms with Crippen molar-refractivity contribution in [3.05, 3.63) is 53.6 Å². The molecule has 1 aromatic heterocycles. The number of hydrogen-bond donors (Lipinski definition) is 1. The zero-order valence-corrected chi connectivity index (χ0v) is 11.8. The number of rotatable bonds is 5. The van der Waals surface area contributed by atoms with Gasteiger partial charge in [-0.3, -0.25) is 0 Å². The SMILES string of the molecule is CCCc1nccn1CC(N)c1ccccc1C(F)(F)F. The van der Waals surface area contributed by atoms with E-state index in [4.69, 9.17) is 5.73 Å². The predicted octanol–water partition coefficient (Wildman–Crippen LogP) is 3.55. The second-order valence-corrected chi connectivity index (χ2v) is 4.94. The summed E-state index contributed by atoms with van der Waals surface area (Å²) in [5.41, 5.74) is 5.44. The zero-order valence-electron chi connectivity index (χ0n) is 11.8. The molecule has 1 heterocycles. The van der Waals surface area contributed by atoms with Crippen molar-refractivity contribution in [2.45, 2.75) is 38.5 Å². The Balaban J connectivity index is 2.25. The maximum atomic E-state index is 13.0. The van der Waals surface area contributed by atoms with E-state index in [-0.39, 0.29) is 12.1 Å². The normalized spacial score (nSPS) is 13.4. The van der Waals surface area contributed by atoms with Gasteiger partial charge in [0.15, 0.2) is 0 Å². The minimum atomic E-state index is -4.39. The van der Waals surface area contributed by atoms with Crippen LogP contribution in [-0.4, -0.2) is 9.55 Å². The molecule has 114 valence electrons. The summed E-state index contributed by atoms with van der Waals surface area (Å²) in [6.45, 7) is 2.31. The van der Waals surface area contributed by atoms with E-state index in [9.17, 15) is 13.2 Å². The van der Waals surface area contributed by atoms with Crippen LogP contribution < -0.4 is 5.73 Å². The van der Waals surface area contributed by atoms with Crippen LogP contribution in [-0.2, 0) is 19.1 Å². The number of halogens is 3. The van der Waals surface area contributed by atoms with Crippen molar-refractivity contribution < 1.29 is 13.2 Å². The van der Waals surface area contributed by atoms with Gasteiger partial charge >= 0.3 is 6.18 Å². The third-order valence-corrected chi connectivity index (χ3v) is 3.33. The summed E-state index contributed by atoms with van der Waals surface area (Å²) in [5.74, 6) is 0.845. The quantitative estimate of drug-likeness (QED) is 0.917. The summed E-state index contributed by atoms with van der Waals surface area (Å²) < 4.78 is 40.9.